The molecule has 2 aliphatic heterocycles. The molecule has 2 bridgehead atoms. The minimum absolute atomic E-state index is 0.0600. The maximum Gasteiger partial charge on any atom is 0.186 e. The van der Waals surface area contributed by atoms with Gasteiger partial charge in [-0.25, -0.2) is 4.98 Å². The van der Waals surface area contributed by atoms with E-state index in [1.807, 2.05) is 30.3 Å². The molecule has 0 amide bonds. The standard InChI is InChI=1S/C27H26Cl2N4O2S/c28-20-2-1-3-21(29)24(20)25-19(26(35-32-25)15-5-6-15)12-30-16-9-17-11-18(10-16)33(17)27-31-22-7-4-14(13-34)8-23(22)36-27/h1-4,7-8,15-18,30,34H,5-6,9-13H2. The third-order valence-electron chi connectivity index (χ3n) is 7.82. The topological polar surface area (TPSA) is 74.4 Å². The normalized spacial score (nSPS) is 23.3. The predicted molar refractivity (Wildman–Crippen MR) is 144 cm³/mol. The van der Waals surface area contributed by atoms with Gasteiger partial charge >= 0.3 is 0 Å². The van der Waals surface area contributed by atoms with Gasteiger partial charge in [-0.05, 0) is 61.9 Å². The highest BCUT2D eigenvalue weighted by Crippen LogP contribution is 2.47. The van der Waals surface area contributed by atoms with E-state index in [9.17, 15) is 5.11 Å². The molecule has 9 heteroatoms. The van der Waals surface area contributed by atoms with Crippen molar-refractivity contribution in [1.82, 2.24) is 15.5 Å². The number of nitrogens with one attached hydrogen (secondary N) is 1. The smallest absolute Gasteiger partial charge is 0.186 e. The molecular weight excluding hydrogens is 515 g/mol. The Balaban J connectivity index is 1.08. The van der Waals surface area contributed by atoms with Gasteiger partial charge in [-0.1, -0.05) is 51.8 Å². The summed E-state index contributed by atoms with van der Waals surface area (Å²) < 4.78 is 6.98. The number of rotatable bonds is 7. The summed E-state index contributed by atoms with van der Waals surface area (Å²) in [6.07, 6.45) is 5.67. The van der Waals surface area contributed by atoms with Gasteiger partial charge in [-0.3, -0.25) is 0 Å². The Kier molecular flexibility index (Phi) is 5.74. The van der Waals surface area contributed by atoms with Crippen LogP contribution in [0.5, 0.6) is 0 Å². The lowest BCUT2D eigenvalue weighted by Crippen LogP contribution is -2.64. The Morgan fingerprint density at radius 1 is 1.08 bits per heavy atom. The number of benzene rings is 2. The molecule has 2 aromatic heterocycles. The van der Waals surface area contributed by atoms with Crippen molar-refractivity contribution in [2.24, 2.45) is 0 Å². The van der Waals surface area contributed by atoms with Gasteiger partial charge in [0.25, 0.3) is 0 Å². The van der Waals surface area contributed by atoms with Gasteiger partial charge in [0.15, 0.2) is 5.13 Å². The minimum atomic E-state index is 0.0600. The molecule has 2 atom stereocenters. The number of thiazole rings is 1. The molecule has 2 saturated carbocycles. The quantitative estimate of drug-likeness (QED) is 0.277. The van der Waals surface area contributed by atoms with E-state index >= 15 is 0 Å². The fourth-order valence-electron chi connectivity index (χ4n) is 5.84. The van der Waals surface area contributed by atoms with Gasteiger partial charge in [0.1, 0.15) is 11.5 Å². The summed E-state index contributed by atoms with van der Waals surface area (Å²) in [6, 6.07) is 13.0. The molecule has 8 rings (SSSR count). The second-order valence-corrected chi connectivity index (χ2v) is 12.0. The zero-order chi connectivity index (χ0) is 24.4. The molecule has 4 heterocycles. The van der Waals surface area contributed by atoms with E-state index in [-0.39, 0.29) is 6.61 Å². The molecule has 2 aliphatic carbocycles. The number of nitrogens with zero attached hydrogens (tertiary/aromatic N) is 3. The van der Waals surface area contributed by atoms with Crippen LogP contribution in [-0.2, 0) is 13.2 Å². The van der Waals surface area contributed by atoms with Crippen LogP contribution < -0.4 is 10.2 Å². The van der Waals surface area contributed by atoms with Crippen LogP contribution in [0.1, 0.15) is 54.9 Å². The highest BCUT2D eigenvalue weighted by atomic mass is 35.5. The lowest BCUT2D eigenvalue weighted by atomic mass is 9.77. The van der Waals surface area contributed by atoms with Crippen LogP contribution in [0, 0.1) is 0 Å². The van der Waals surface area contributed by atoms with Crippen molar-refractivity contribution in [3.05, 3.63) is 63.3 Å². The van der Waals surface area contributed by atoms with Crippen molar-refractivity contribution in [3.8, 4) is 11.3 Å². The van der Waals surface area contributed by atoms with Crippen molar-refractivity contribution in [1.29, 1.82) is 0 Å². The number of hydrogen-bond donors (Lipinski definition) is 2. The van der Waals surface area contributed by atoms with Crippen molar-refractivity contribution < 1.29 is 9.63 Å². The summed E-state index contributed by atoms with van der Waals surface area (Å²) >= 11 is 14.8. The number of piperidine rings is 1. The van der Waals surface area contributed by atoms with Crippen molar-refractivity contribution >= 4 is 49.9 Å². The Labute approximate surface area is 223 Å². The molecule has 4 aromatic rings. The molecule has 6 nitrogen and oxygen atoms in total. The predicted octanol–water partition coefficient (Wildman–Crippen LogP) is 6.53. The SMILES string of the molecule is OCc1ccc2nc(N3C4CC(NCc5c(-c6c(Cl)cccc6Cl)noc5C5CC5)CC3C4)sc2c1. The van der Waals surface area contributed by atoms with Gasteiger partial charge in [0.2, 0.25) is 0 Å². The Bertz CT molecular complexity index is 1420. The number of hydrogen-bond acceptors (Lipinski definition) is 7. The van der Waals surface area contributed by atoms with Crippen LogP contribution in [0.4, 0.5) is 5.13 Å². The van der Waals surface area contributed by atoms with Gasteiger partial charge in [-0.2, -0.15) is 0 Å². The van der Waals surface area contributed by atoms with Crippen LogP contribution in [0.2, 0.25) is 10.0 Å². The fourth-order valence-corrected chi connectivity index (χ4v) is 7.59. The first-order valence-corrected chi connectivity index (χ1v) is 14.1. The Morgan fingerprint density at radius 3 is 2.58 bits per heavy atom. The van der Waals surface area contributed by atoms with Gasteiger partial charge in [-0.15, -0.1) is 0 Å². The maximum atomic E-state index is 9.45. The summed E-state index contributed by atoms with van der Waals surface area (Å²) in [6.45, 7) is 0.756. The first-order valence-electron chi connectivity index (χ1n) is 12.5. The summed E-state index contributed by atoms with van der Waals surface area (Å²) in [4.78, 5) is 7.41. The molecule has 2 saturated heterocycles. The lowest BCUT2D eigenvalue weighted by Gasteiger charge is -2.55. The lowest BCUT2D eigenvalue weighted by molar-refractivity contribution is 0.195. The Morgan fingerprint density at radius 2 is 1.86 bits per heavy atom. The number of aliphatic hydroxyl groups excluding tert-OH is 1. The first-order chi connectivity index (χ1) is 17.6. The van der Waals surface area contributed by atoms with Crippen LogP contribution in [0.15, 0.2) is 40.9 Å². The third-order valence-corrected chi connectivity index (χ3v) is 9.48. The molecular formula is C27H26Cl2N4O2S. The van der Waals surface area contributed by atoms with Crippen molar-refractivity contribution in [2.45, 2.75) is 69.3 Å². The van der Waals surface area contributed by atoms with Gasteiger partial charge in [0.05, 0.1) is 26.9 Å². The number of fused-ring (bicyclic) bond motifs is 3. The zero-order valence-corrected chi connectivity index (χ0v) is 21.9. The van der Waals surface area contributed by atoms with Crippen LogP contribution >= 0.6 is 34.5 Å². The summed E-state index contributed by atoms with van der Waals surface area (Å²) in [5, 5.41) is 20.0. The fraction of sp³-hybridized carbons (Fsp3) is 0.407. The summed E-state index contributed by atoms with van der Waals surface area (Å²) in [7, 11) is 0. The van der Waals surface area contributed by atoms with E-state index < -0.39 is 0 Å². The molecule has 4 aliphatic rings. The molecule has 4 fully saturated rings. The molecule has 0 spiro atoms. The maximum absolute atomic E-state index is 9.45. The van der Waals surface area contributed by atoms with Crippen LogP contribution in [-0.4, -0.2) is 33.4 Å². The second kappa shape index (κ2) is 8.99. The monoisotopic (exact) mass is 540 g/mol. The number of anilines is 1. The average molecular weight is 542 g/mol. The summed E-state index contributed by atoms with van der Waals surface area (Å²) in [5.41, 5.74) is 4.56. The van der Waals surface area contributed by atoms with Gasteiger partial charge in [0, 0.05) is 41.7 Å². The number of aliphatic hydroxyl groups is 1. The largest absolute Gasteiger partial charge is 0.392 e. The van der Waals surface area contributed by atoms with E-state index in [0.717, 1.165) is 69.2 Å². The van der Waals surface area contributed by atoms with Crippen LogP contribution in [0.3, 0.4) is 0 Å². The van der Waals surface area contributed by atoms with Crippen molar-refractivity contribution in [2.75, 3.05) is 4.90 Å². The minimum Gasteiger partial charge on any atom is -0.392 e. The molecule has 2 unspecified atom stereocenters. The number of aromatic nitrogens is 2. The van der Waals surface area contributed by atoms with Gasteiger partial charge < -0.3 is 19.8 Å². The van der Waals surface area contributed by atoms with E-state index in [2.05, 4.69) is 21.4 Å². The molecule has 2 aromatic carbocycles. The van der Waals surface area contributed by atoms with Crippen molar-refractivity contribution in [3.63, 3.8) is 0 Å². The van der Waals surface area contributed by atoms with Crippen LogP contribution in [0.25, 0.3) is 21.5 Å². The van der Waals surface area contributed by atoms with E-state index in [0.29, 0.717) is 40.6 Å². The highest BCUT2D eigenvalue weighted by molar-refractivity contribution is 7.22. The first kappa shape index (κ1) is 23.0. The average Bonchev–Trinajstić information content (AvgIpc) is 3.51. The molecule has 2 N–H and O–H groups in total. The highest BCUT2D eigenvalue weighted by Gasteiger charge is 2.46. The molecule has 36 heavy (non-hydrogen) atoms. The van der Waals surface area contributed by atoms with E-state index in [4.69, 9.17) is 32.7 Å². The molecule has 186 valence electrons. The summed E-state index contributed by atoms with van der Waals surface area (Å²) in [5.74, 6) is 1.43. The molecule has 0 radical (unpaired) electrons. The second-order valence-electron chi connectivity index (χ2n) is 10.2. The van der Waals surface area contributed by atoms with E-state index in [1.165, 1.54) is 6.42 Å². The van der Waals surface area contributed by atoms with E-state index in [1.54, 1.807) is 11.3 Å². The zero-order valence-electron chi connectivity index (χ0n) is 19.6. The Hall–Kier alpha value is -2.16. The number of halogens is 2. The third kappa shape index (κ3) is 3.92.